The van der Waals surface area contributed by atoms with Gasteiger partial charge in [-0.25, -0.2) is 0 Å². The maximum absolute atomic E-state index is 12.8. The van der Waals surface area contributed by atoms with E-state index in [9.17, 15) is 13.2 Å². The van der Waals surface area contributed by atoms with Crippen LogP contribution in [-0.2, 0) is 12.6 Å². The van der Waals surface area contributed by atoms with E-state index in [1.807, 2.05) is 6.92 Å². The van der Waals surface area contributed by atoms with Gasteiger partial charge in [0.15, 0.2) is 0 Å². The number of alkyl halides is 3. The number of rotatable bonds is 2. The summed E-state index contributed by atoms with van der Waals surface area (Å²) in [5.74, 6) is 0. The van der Waals surface area contributed by atoms with Gasteiger partial charge in [0.1, 0.15) is 0 Å². The molecule has 1 aromatic heterocycles. The second-order valence-corrected chi connectivity index (χ2v) is 3.82. The Morgan fingerprint density at radius 2 is 1.88 bits per heavy atom. The maximum atomic E-state index is 12.8. The Labute approximate surface area is 97.3 Å². The van der Waals surface area contributed by atoms with Gasteiger partial charge >= 0.3 is 6.18 Å². The molecule has 2 rings (SSSR count). The Morgan fingerprint density at radius 3 is 2.47 bits per heavy atom. The number of hydrogen-bond donors (Lipinski definition) is 1. The van der Waals surface area contributed by atoms with Gasteiger partial charge in [-0.1, -0.05) is 25.1 Å². The van der Waals surface area contributed by atoms with Crippen molar-refractivity contribution in [1.29, 1.82) is 0 Å². The molecule has 0 amide bonds. The lowest BCUT2D eigenvalue weighted by Crippen LogP contribution is -2.06. The third kappa shape index (κ3) is 2.35. The number of aromatic nitrogens is 1. The first kappa shape index (κ1) is 11.8. The van der Waals surface area contributed by atoms with Gasteiger partial charge in [-0.2, -0.15) is 13.2 Å². The second kappa shape index (κ2) is 4.28. The molecule has 2 aromatic rings. The minimum atomic E-state index is -4.33. The normalized spacial score (nSPS) is 11.8. The molecule has 0 saturated heterocycles. The van der Waals surface area contributed by atoms with Gasteiger partial charge < -0.3 is 4.98 Å². The number of aromatic amines is 1. The SMILES string of the molecule is CCc1c[nH]c(-c2ccccc2C(F)(F)F)c1. The van der Waals surface area contributed by atoms with E-state index in [0.29, 0.717) is 5.69 Å². The summed E-state index contributed by atoms with van der Waals surface area (Å²) in [6.07, 6.45) is -1.79. The summed E-state index contributed by atoms with van der Waals surface area (Å²) < 4.78 is 38.4. The number of nitrogens with one attached hydrogen (secondary N) is 1. The van der Waals surface area contributed by atoms with E-state index in [1.54, 1.807) is 18.3 Å². The van der Waals surface area contributed by atoms with Crippen molar-refractivity contribution in [3.05, 3.63) is 47.7 Å². The molecule has 0 aliphatic carbocycles. The van der Waals surface area contributed by atoms with E-state index in [-0.39, 0.29) is 5.56 Å². The monoisotopic (exact) mass is 239 g/mol. The molecular formula is C13H12F3N. The van der Waals surface area contributed by atoms with Crippen molar-refractivity contribution >= 4 is 0 Å². The summed E-state index contributed by atoms with van der Waals surface area (Å²) >= 11 is 0. The van der Waals surface area contributed by atoms with Crippen LogP contribution < -0.4 is 0 Å². The average molecular weight is 239 g/mol. The van der Waals surface area contributed by atoms with Gasteiger partial charge in [-0.3, -0.25) is 0 Å². The van der Waals surface area contributed by atoms with E-state index >= 15 is 0 Å². The van der Waals surface area contributed by atoms with Crippen molar-refractivity contribution in [3.8, 4) is 11.3 Å². The molecule has 0 aliphatic heterocycles. The van der Waals surface area contributed by atoms with Crippen molar-refractivity contribution in [1.82, 2.24) is 4.98 Å². The van der Waals surface area contributed by atoms with E-state index < -0.39 is 11.7 Å². The standard InChI is InChI=1S/C13H12F3N/c1-2-9-7-12(17-8-9)10-5-3-4-6-11(10)13(14,15)16/h3-8,17H,2H2,1H3. The van der Waals surface area contributed by atoms with Gasteiger partial charge in [0.05, 0.1) is 5.56 Å². The smallest absolute Gasteiger partial charge is 0.361 e. The summed E-state index contributed by atoms with van der Waals surface area (Å²) in [6.45, 7) is 1.96. The largest absolute Gasteiger partial charge is 0.417 e. The first-order valence-corrected chi connectivity index (χ1v) is 5.36. The van der Waals surface area contributed by atoms with Crippen molar-refractivity contribution in [3.63, 3.8) is 0 Å². The third-order valence-corrected chi connectivity index (χ3v) is 2.67. The van der Waals surface area contributed by atoms with E-state index in [2.05, 4.69) is 4.98 Å². The lowest BCUT2D eigenvalue weighted by molar-refractivity contribution is -0.137. The number of H-pyrrole nitrogens is 1. The predicted octanol–water partition coefficient (Wildman–Crippen LogP) is 4.26. The number of aryl methyl sites for hydroxylation is 1. The third-order valence-electron chi connectivity index (χ3n) is 2.67. The zero-order chi connectivity index (χ0) is 12.5. The summed E-state index contributed by atoms with van der Waals surface area (Å²) in [4.78, 5) is 2.89. The fourth-order valence-electron chi connectivity index (χ4n) is 1.76. The Balaban J connectivity index is 2.52. The van der Waals surface area contributed by atoms with E-state index in [4.69, 9.17) is 0 Å². The fraction of sp³-hybridized carbons (Fsp3) is 0.231. The van der Waals surface area contributed by atoms with Gasteiger partial charge in [-0.15, -0.1) is 0 Å². The van der Waals surface area contributed by atoms with Crippen LogP contribution in [0.15, 0.2) is 36.5 Å². The minimum absolute atomic E-state index is 0.194. The van der Waals surface area contributed by atoms with Crippen molar-refractivity contribution < 1.29 is 13.2 Å². The molecule has 1 heterocycles. The first-order valence-electron chi connectivity index (χ1n) is 5.36. The Hall–Kier alpha value is -1.71. The lowest BCUT2D eigenvalue weighted by Gasteiger charge is -2.11. The molecule has 0 radical (unpaired) electrons. The number of halogens is 3. The summed E-state index contributed by atoms with van der Waals surface area (Å²) in [7, 11) is 0. The average Bonchev–Trinajstić information content (AvgIpc) is 2.76. The summed E-state index contributed by atoms with van der Waals surface area (Å²) in [6, 6.07) is 7.34. The zero-order valence-corrected chi connectivity index (χ0v) is 9.31. The number of hydrogen-bond acceptors (Lipinski definition) is 0. The molecule has 4 heteroatoms. The van der Waals surface area contributed by atoms with Crippen LogP contribution in [0.5, 0.6) is 0 Å². The highest BCUT2D eigenvalue weighted by atomic mass is 19.4. The first-order chi connectivity index (χ1) is 8.02. The molecule has 0 fully saturated rings. The summed E-state index contributed by atoms with van der Waals surface area (Å²) in [5, 5.41) is 0. The van der Waals surface area contributed by atoms with Gasteiger partial charge in [0.25, 0.3) is 0 Å². The molecular weight excluding hydrogens is 227 g/mol. The lowest BCUT2D eigenvalue weighted by atomic mass is 10.0. The number of benzene rings is 1. The van der Waals surface area contributed by atoms with Crippen molar-refractivity contribution in [2.45, 2.75) is 19.5 Å². The van der Waals surface area contributed by atoms with Crippen LogP contribution in [0.4, 0.5) is 13.2 Å². The fourth-order valence-corrected chi connectivity index (χ4v) is 1.76. The van der Waals surface area contributed by atoms with Crippen LogP contribution in [0.25, 0.3) is 11.3 Å². The van der Waals surface area contributed by atoms with Crippen LogP contribution in [0.3, 0.4) is 0 Å². The Kier molecular flexibility index (Phi) is 2.96. The minimum Gasteiger partial charge on any atom is -0.361 e. The molecule has 0 aliphatic rings. The predicted molar refractivity (Wildman–Crippen MR) is 60.6 cm³/mol. The van der Waals surface area contributed by atoms with Gasteiger partial charge in [0.2, 0.25) is 0 Å². The quantitative estimate of drug-likeness (QED) is 0.805. The molecule has 0 saturated carbocycles. The Morgan fingerprint density at radius 1 is 1.18 bits per heavy atom. The molecule has 0 atom stereocenters. The highest BCUT2D eigenvalue weighted by molar-refractivity contribution is 5.65. The van der Waals surface area contributed by atoms with Crippen LogP contribution in [0.1, 0.15) is 18.1 Å². The van der Waals surface area contributed by atoms with Crippen LogP contribution >= 0.6 is 0 Å². The van der Waals surface area contributed by atoms with Gasteiger partial charge in [-0.05, 0) is 24.1 Å². The molecule has 1 nitrogen and oxygen atoms in total. The zero-order valence-electron chi connectivity index (χ0n) is 9.31. The molecule has 1 aromatic carbocycles. The van der Waals surface area contributed by atoms with Gasteiger partial charge in [0, 0.05) is 17.5 Å². The highest BCUT2D eigenvalue weighted by Crippen LogP contribution is 2.36. The second-order valence-electron chi connectivity index (χ2n) is 3.82. The van der Waals surface area contributed by atoms with Crippen LogP contribution in [-0.4, -0.2) is 4.98 Å². The Bertz CT molecular complexity index is 511. The molecule has 0 unspecified atom stereocenters. The maximum Gasteiger partial charge on any atom is 0.417 e. The van der Waals surface area contributed by atoms with E-state index in [1.165, 1.54) is 12.1 Å². The molecule has 17 heavy (non-hydrogen) atoms. The topological polar surface area (TPSA) is 15.8 Å². The molecule has 0 bridgehead atoms. The van der Waals surface area contributed by atoms with Crippen molar-refractivity contribution in [2.75, 3.05) is 0 Å². The van der Waals surface area contributed by atoms with Crippen LogP contribution in [0.2, 0.25) is 0 Å². The van der Waals surface area contributed by atoms with Crippen molar-refractivity contribution in [2.24, 2.45) is 0 Å². The summed E-state index contributed by atoms with van der Waals surface area (Å²) in [5.41, 5.74) is 1.09. The van der Waals surface area contributed by atoms with E-state index in [0.717, 1.165) is 18.1 Å². The molecule has 90 valence electrons. The molecule has 0 spiro atoms. The highest BCUT2D eigenvalue weighted by Gasteiger charge is 2.33. The van der Waals surface area contributed by atoms with Crippen LogP contribution in [0, 0.1) is 0 Å². The molecule has 1 N–H and O–H groups in total.